The van der Waals surface area contributed by atoms with E-state index in [1.807, 2.05) is 6.92 Å². The van der Waals surface area contributed by atoms with Gasteiger partial charge in [-0.25, -0.2) is 9.78 Å². The summed E-state index contributed by atoms with van der Waals surface area (Å²) in [6.45, 7) is 4.98. The molecule has 1 fully saturated rings. The molecular formula is C17H19ClN4O3S. The van der Waals surface area contributed by atoms with Crippen LogP contribution in [0, 0.1) is 0 Å². The number of carbonyl (C=O) groups excluding carboxylic acids is 2. The number of benzene rings is 1. The number of hydrogen-bond acceptors (Lipinski definition) is 5. The third kappa shape index (κ3) is 3.57. The molecule has 9 heteroatoms. The summed E-state index contributed by atoms with van der Waals surface area (Å²) in [4.78, 5) is 42.8. The lowest BCUT2D eigenvalue weighted by Crippen LogP contribution is -2.39. The number of nitrogens with zero attached hydrogens (tertiary/aromatic N) is 3. The summed E-state index contributed by atoms with van der Waals surface area (Å²) in [6.07, 6.45) is 0.755. The molecule has 0 saturated carbocycles. The van der Waals surface area contributed by atoms with E-state index in [0.29, 0.717) is 40.7 Å². The van der Waals surface area contributed by atoms with Gasteiger partial charge in [-0.1, -0.05) is 30.3 Å². The fourth-order valence-electron chi connectivity index (χ4n) is 2.79. The van der Waals surface area contributed by atoms with Crippen LogP contribution in [0.2, 0.25) is 5.02 Å². The van der Waals surface area contributed by atoms with Gasteiger partial charge in [-0.3, -0.25) is 19.1 Å². The maximum absolute atomic E-state index is 12.8. The summed E-state index contributed by atoms with van der Waals surface area (Å²) in [7, 11) is 0. The second-order valence-electron chi connectivity index (χ2n) is 5.99. The van der Waals surface area contributed by atoms with Gasteiger partial charge in [0.25, 0.3) is 5.56 Å². The third-order valence-electron chi connectivity index (χ3n) is 4.08. The zero-order valence-corrected chi connectivity index (χ0v) is 16.1. The van der Waals surface area contributed by atoms with Crippen molar-refractivity contribution in [3.8, 4) is 0 Å². The van der Waals surface area contributed by atoms with Crippen molar-refractivity contribution >= 4 is 46.2 Å². The molecule has 0 aliphatic carbocycles. The Hall–Kier alpha value is -2.06. The molecular weight excluding hydrogens is 376 g/mol. The fraction of sp³-hybridized carbons (Fsp3) is 0.412. The van der Waals surface area contributed by atoms with Crippen molar-refractivity contribution in [3.05, 3.63) is 33.6 Å². The van der Waals surface area contributed by atoms with Crippen LogP contribution in [0.25, 0.3) is 10.9 Å². The van der Waals surface area contributed by atoms with Gasteiger partial charge in [-0.05, 0) is 31.5 Å². The summed E-state index contributed by atoms with van der Waals surface area (Å²) in [5.74, 6) is -0.298. The Labute approximate surface area is 159 Å². The number of nitrogens with one attached hydrogen (secondary N) is 1. The zero-order valence-electron chi connectivity index (χ0n) is 14.5. The molecule has 0 unspecified atom stereocenters. The largest absolute Gasteiger partial charge is 0.336 e. The Kier molecular flexibility index (Phi) is 5.52. The number of thioether (sulfide) groups is 1. The normalized spacial score (nSPS) is 15.3. The highest BCUT2D eigenvalue weighted by atomic mass is 35.5. The van der Waals surface area contributed by atoms with Crippen LogP contribution >= 0.6 is 23.4 Å². The van der Waals surface area contributed by atoms with Gasteiger partial charge >= 0.3 is 6.03 Å². The molecule has 2 heterocycles. The maximum atomic E-state index is 12.8. The van der Waals surface area contributed by atoms with Crippen LogP contribution in [0.5, 0.6) is 0 Å². The van der Waals surface area contributed by atoms with Crippen molar-refractivity contribution < 1.29 is 9.59 Å². The molecule has 138 valence electrons. The first kappa shape index (κ1) is 18.7. The number of carbonyl (C=O) groups is 2. The number of aromatic nitrogens is 2. The number of urea groups is 1. The lowest BCUT2D eigenvalue weighted by atomic mass is 10.2. The number of halogens is 1. The standard InChI is InChI=1S/C17H19ClN4O3S/c1-3-7-22-15(24)12-5-4-11(18)9-13(12)20-17(22)26-10(2)14(23)21-8-6-19-16(21)25/h4-5,9-10H,3,6-8H2,1-2H3,(H,19,25)/t10-/m0/s1. The van der Waals surface area contributed by atoms with Gasteiger partial charge in [-0.2, -0.15) is 0 Å². The first-order valence-corrected chi connectivity index (χ1v) is 9.64. The van der Waals surface area contributed by atoms with Crippen molar-refractivity contribution in [2.24, 2.45) is 0 Å². The summed E-state index contributed by atoms with van der Waals surface area (Å²) in [6, 6.07) is 4.58. The van der Waals surface area contributed by atoms with E-state index in [0.717, 1.165) is 6.42 Å². The third-order valence-corrected chi connectivity index (χ3v) is 5.40. The SMILES string of the molecule is CCCn1c(S[C@@H](C)C(=O)N2CCNC2=O)nc2cc(Cl)ccc2c1=O. The van der Waals surface area contributed by atoms with Crippen molar-refractivity contribution in [1.82, 2.24) is 19.8 Å². The minimum Gasteiger partial charge on any atom is -0.336 e. The molecule has 1 aliphatic heterocycles. The summed E-state index contributed by atoms with van der Waals surface area (Å²) in [5, 5.41) is 3.50. The average Bonchev–Trinajstić information content (AvgIpc) is 3.03. The fourth-order valence-corrected chi connectivity index (χ4v) is 3.96. The molecule has 0 bridgehead atoms. The minimum absolute atomic E-state index is 0.158. The number of amides is 3. The van der Waals surface area contributed by atoms with Crippen LogP contribution in [0.4, 0.5) is 4.79 Å². The van der Waals surface area contributed by atoms with Gasteiger partial charge in [-0.15, -0.1) is 0 Å². The topological polar surface area (TPSA) is 84.3 Å². The number of hydrogen-bond donors (Lipinski definition) is 1. The molecule has 1 atom stereocenters. The van der Waals surface area contributed by atoms with E-state index >= 15 is 0 Å². The first-order chi connectivity index (χ1) is 12.4. The Morgan fingerprint density at radius 1 is 1.42 bits per heavy atom. The predicted molar refractivity (Wildman–Crippen MR) is 102 cm³/mol. The number of rotatable bonds is 5. The smallest absolute Gasteiger partial charge is 0.324 e. The van der Waals surface area contributed by atoms with Gasteiger partial charge in [0, 0.05) is 24.7 Å². The van der Waals surface area contributed by atoms with Crippen LogP contribution in [0.1, 0.15) is 20.3 Å². The Balaban J connectivity index is 1.97. The van der Waals surface area contributed by atoms with E-state index in [1.165, 1.54) is 16.7 Å². The van der Waals surface area contributed by atoms with Crippen molar-refractivity contribution in [3.63, 3.8) is 0 Å². The van der Waals surface area contributed by atoms with Crippen molar-refractivity contribution in [2.75, 3.05) is 13.1 Å². The van der Waals surface area contributed by atoms with Crippen molar-refractivity contribution in [2.45, 2.75) is 37.2 Å². The van der Waals surface area contributed by atoms with E-state index in [4.69, 9.17) is 11.6 Å². The molecule has 26 heavy (non-hydrogen) atoms. The molecule has 1 saturated heterocycles. The molecule has 0 spiro atoms. The molecule has 3 rings (SSSR count). The first-order valence-electron chi connectivity index (χ1n) is 8.38. The maximum Gasteiger partial charge on any atom is 0.324 e. The Morgan fingerprint density at radius 2 is 2.19 bits per heavy atom. The van der Waals surface area contributed by atoms with Crippen LogP contribution in [0.3, 0.4) is 0 Å². The predicted octanol–water partition coefficient (Wildman–Crippen LogP) is 2.49. The second-order valence-corrected chi connectivity index (χ2v) is 7.74. The molecule has 0 radical (unpaired) electrons. The molecule has 1 aromatic carbocycles. The molecule has 3 amide bonds. The molecule has 1 N–H and O–H groups in total. The van der Waals surface area contributed by atoms with E-state index in [1.54, 1.807) is 29.7 Å². The van der Waals surface area contributed by atoms with Crippen molar-refractivity contribution in [1.29, 1.82) is 0 Å². The molecule has 2 aromatic rings. The number of imide groups is 1. The summed E-state index contributed by atoms with van der Waals surface area (Å²) in [5.41, 5.74) is 0.338. The van der Waals surface area contributed by atoms with Crippen LogP contribution in [0.15, 0.2) is 28.2 Å². The molecule has 1 aliphatic rings. The van der Waals surface area contributed by atoms with Crippen LogP contribution in [-0.4, -0.2) is 44.7 Å². The van der Waals surface area contributed by atoms with E-state index in [-0.39, 0.29) is 17.5 Å². The highest BCUT2D eigenvalue weighted by Gasteiger charge is 2.31. The summed E-state index contributed by atoms with van der Waals surface area (Å²) >= 11 is 7.20. The van der Waals surface area contributed by atoms with Gasteiger partial charge < -0.3 is 5.32 Å². The average molecular weight is 395 g/mol. The van der Waals surface area contributed by atoms with Gasteiger partial charge in [0.2, 0.25) is 5.91 Å². The lowest BCUT2D eigenvalue weighted by Gasteiger charge is -2.19. The van der Waals surface area contributed by atoms with Gasteiger partial charge in [0.15, 0.2) is 5.16 Å². The highest BCUT2D eigenvalue weighted by Crippen LogP contribution is 2.25. The van der Waals surface area contributed by atoms with Gasteiger partial charge in [0.05, 0.1) is 16.2 Å². The zero-order chi connectivity index (χ0) is 18.8. The minimum atomic E-state index is -0.550. The van der Waals surface area contributed by atoms with Crippen LogP contribution < -0.4 is 10.9 Å². The Bertz CT molecular complexity index is 930. The Morgan fingerprint density at radius 3 is 2.85 bits per heavy atom. The van der Waals surface area contributed by atoms with E-state index in [9.17, 15) is 14.4 Å². The summed E-state index contributed by atoms with van der Waals surface area (Å²) < 4.78 is 1.58. The van der Waals surface area contributed by atoms with E-state index in [2.05, 4.69) is 10.3 Å². The quantitative estimate of drug-likeness (QED) is 0.622. The van der Waals surface area contributed by atoms with E-state index < -0.39 is 5.25 Å². The molecule has 7 nitrogen and oxygen atoms in total. The monoisotopic (exact) mass is 394 g/mol. The highest BCUT2D eigenvalue weighted by molar-refractivity contribution is 8.00. The lowest BCUT2D eigenvalue weighted by molar-refractivity contribution is -0.126. The number of fused-ring (bicyclic) bond motifs is 1. The van der Waals surface area contributed by atoms with Gasteiger partial charge in [0.1, 0.15) is 0 Å². The second kappa shape index (κ2) is 7.67. The molecule has 1 aromatic heterocycles. The van der Waals surface area contributed by atoms with Crippen LogP contribution in [-0.2, 0) is 11.3 Å².